The molecule has 1 aromatic heterocycles. The molecular formula is C11H20N4O. The molecule has 1 heterocycles. The van der Waals surface area contributed by atoms with Crippen molar-refractivity contribution in [3.63, 3.8) is 0 Å². The van der Waals surface area contributed by atoms with Crippen molar-refractivity contribution in [3.05, 3.63) is 12.4 Å². The second-order valence-electron chi connectivity index (χ2n) is 3.84. The average Bonchev–Trinajstić information content (AvgIpc) is 2.69. The number of aryl methyl sites for hydroxylation is 1. The van der Waals surface area contributed by atoms with Crippen LogP contribution >= 0.6 is 0 Å². The maximum absolute atomic E-state index is 11.6. The standard InChI is InChI=1S/C11H20N4O/c1-4-9(5-2)14-11(16)7-12-10-6-13-15(3)8-10/h6,8-9,12H,4-5,7H2,1-3H3,(H,14,16). The highest BCUT2D eigenvalue weighted by molar-refractivity contribution is 5.80. The summed E-state index contributed by atoms with van der Waals surface area (Å²) in [7, 11) is 1.84. The van der Waals surface area contributed by atoms with Gasteiger partial charge in [0.1, 0.15) is 0 Å². The Morgan fingerprint density at radius 2 is 2.19 bits per heavy atom. The molecule has 1 aromatic rings. The highest BCUT2D eigenvalue weighted by atomic mass is 16.1. The van der Waals surface area contributed by atoms with E-state index in [9.17, 15) is 4.79 Å². The molecule has 0 aromatic carbocycles. The SMILES string of the molecule is CCC(CC)NC(=O)CNc1cnn(C)c1. The quantitative estimate of drug-likeness (QED) is 0.761. The van der Waals surface area contributed by atoms with Gasteiger partial charge < -0.3 is 10.6 Å². The van der Waals surface area contributed by atoms with E-state index in [-0.39, 0.29) is 11.9 Å². The molecule has 0 bridgehead atoms. The van der Waals surface area contributed by atoms with Crippen LogP contribution in [0.25, 0.3) is 0 Å². The fourth-order valence-corrected chi connectivity index (χ4v) is 1.47. The first-order valence-electron chi connectivity index (χ1n) is 5.67. The van der Waals surface area contributed by atoms with Crippen LogP contribution in [0.2, 0.25) is 0 Å². The van der Waals surface area contributed by atoms with E-state index in [0.717, 1.165) is 18.5 Å². The van der Waals surface area contributed by atoms with Crippen LogP contribution in [-0.4, -0.2) is 28.3 Å². The van der Waals surface area contributed by atoms with Gasteiger partial charge in [-0.1, -0.05) is 13.8 Å². The normalized spacial score (nSPS) is 10.5. The van der Waals surface area contributed by atoms with E-state index < -0.39 is 0 Å². The van der Waals surface area contributed by atoms with E-state index in [1.165, 1.54) is 0 Å². The minimum atomic E-state index is 0.0255. The number of rotatable bonds is 6. The number of anilines is 1. The van der Waals surface area contributed by atoms with Crippen molar-refractivity contribution < 1.29 is 4.79 Å². The lowest BCUT2D eigenvalue weighted by Gasteiger charge is -2.14. The van der Waals surface area contributed by atoms with Gasteiger partial charge in [0.25, 0.3) is 0 Å². The monoisotopic (exact) mass is 224 g/mol. The first-order chi connectivity index (χ1) is 7.65. The number of nitrogens with zero attached hydrogens (tertiary/aromatic N) is 2. The van der Waals surface area contributed by atoms with E-state index in [1.54, 1.807) is 10.9 Å². The highest BCUT2D eigenvalue weighted by Gasteiger charge is 2.07. The molecule has 1 amide bonds. The Morgan fingerprint density at radius 3 is 2.69 bits per heavy atom. The maximum atomic E-state index is 11.6. The van der Waals surface area contributed by atoms with Crippen LogP contribution in [0, 0.1) is 0 Å². The number of amides is 1. The van der Waals surface area contributed by atoms with Crippen LogP contribution in [0.1, 0.15) is 26.7 Å². The fourth-order valence-electron chi connectivity index (χ4n) is 1.47. The summed E-state index contributed by atoms with van der Waals surface area (Å²) in [6.45, 7) is 4.44. The third-order valence-corrected chi connectivity index (χ3v) is 2.51. The Balaban J connectivity index is 2.30. The third-order valence-electron chi connectivity index (χ3n) is 2.51. The first-order valence-corrected chi connectivity index (χ1v) is 5.67. The Hall–Kier alpha value is -1.52. The molecule has 1 rings (SSSR count). The lowest BCUT2D eigenvalue weighted by atomic mass is 10.2. The van der Waals surface area contributed by atoms with Crippen molar-refractivity contribution in [1.82, 2.24) is 15.1 Å². The summed E-state index contributed by atoms with van der Waals surface area (Å²) < 4.78 is 1.70. The Morgan fingerprint density at radius 1 is 1.50 bits per heavy atom. The summed E-state index contributed by atoms with van der Waals surface area (Å²) in [6.07, 6.45) is 5.47. The topological polar surface area (TPSA) is 59.0 Å². The maximum Gasteiger partial charge on any atom is 0.239 e. The molecule has 90 valence electrons. The average molecular weight is 224 g/mol. The van der Waals surface area contributed by atoms with Gasteiger partial charge in [-0.15, -0.1) is 0 Å². The molecule has 16 heavy (non-hydrogen) atoms. The molecule has 2 N–H and O–H groups in total. The fraction of sp³-hybridized carbons (Fsp3) is 0.636. The van der Waals surface area contributed by atoms with Crippen LogP contribution in [0.4, 0.5) is 5.69 Å². The Bertz CT molecular complexity index is 330. The van der Waals surface area contributed by atoms with Crippen molar-refractivity contribution in [2.45, 2.75) is 32.7 Å². The van der Waals surface area contributed by atoms with Crippen LogP contribution in [0.3, 0.4) is 0 Å². The Labute approximate surface area is 96.2 Å². The van der Waals surface area contributed by atoms with E-state index in [1.807, 2.05) is 13.2 Å². The first kappa shape index (κ1) is 12.5. The van der Waals surface area contributed by atoms with Gasteiger partial charge in [-0.05, 0) is 12.8 Å². The molecule has 5 nitrogen and oxygen atoms in total. The van der Waals surface area contributed by atoms with Crippen molar-refractivity contribution >= 4 is 11.6 Å². The van der Waals surface area contributed by atoms with Crippen molar-refractivity contribution in [3.8, 4) is 0 Å². The van der Waals surface area contributed by atoms with Crippen molar-refractivity contribution in [2.75, 3.05) is 11.9 Å². The van der Waals surface area contributed by atoms with Gasteiger partial charge in [0.15, 0.2) is 0 Å². The van der Waals surface area contributed by atoms with Crippen LogP contribution < -0.4 is 10.6 Å². The number of carbonyl (C=O) groups excluding carboxylic acids is 1. The lowest BCUT2D eigenvalue weighted by molar-refractivity contribution is -0.120. The molecule has 0 spiro atoms. The summed E-state index contributed by atoms with van der Waals surface area (Å²) in [5, 5.41) is 10.00. The molecule has 0 aliphatic carbocycles. The van der Waals surface area contributed by atoms with E-state index >= 15 is 0 Å². The number of hydrogen-bond donors (Lipinski definition) is 2. The second kappa shape index (κ2) is 6.15. The van der Waals surface area contributed by atoms with Gasteiger partial charge in [0.2, 0.25) is 5.91 Å². The molecule has 0 unspecified atom stereocenters. The molecule has 0 radical (unpaired) electrons. The molecule has 0 atom stereocenters. The zero-order chi connectivity index (χ0) is 12.0. The molecule has 0 fully saturated rings. The molecule has 0 saturated carbocycles. The number of carbonyl (C=O) groups is 1. The number of aromatic nitrogens is 2. The summed E-state index contributed by atoms with van der Waals surface area (Å²) in [5.74, 6) is 0.0255. The zero-order valence-electron chi connectivity index (χ0n) is 10.2. The second-order valence-corrected chi connectivity index (χ2v) is 3.84. The van der Waals surface area contributed by atoms with Crippen molar-refractivity contribution in [1.29, 1.82) is 0 Å². The summed E-state index contributed by atoms with van der Waals surface area (Å²) >= 11 is 0. The predicted octanol–water partition coefficient (Wildman–Crippen LogP) is 1.14. The molecule has 5 heteroatoms. The van der Waals surface area contributed by atoms with E-state index in [2.05, 4.69) is 29.6 Å². The van der Waals surface area contributed by atoms with Gasteiger partial charge in [-0.3, -0.25) is 9.48 Å². The molecular weight excluding hydrogens is 204 g/mol. The summed E-state index contributed by atoms with van der Waals surface area (Å²) in [5.41, 5.74) is 0.863. The smallest absolute Gasteiger partial charge is 0.239 e. The number of hydrogen-bond acceptors (Lipinski definition) is 3. The highest BCUT2D eigenvalue weighted by Crippen LogP contribution is 2.02. The molecule has 0 aliphatic heterocycles. The zero-order valence-corrected chi connectivity index (χ0v) is 10.2. The van der Waals surface area contributed by atoms with Crippen molar-refractivity contribution in [2.24, 2.45) is 7.05 Å². The molecule has 0 aliphatic rings. The molecule has 0 saturated heterocycles. The van der Waals surface area contributed by atoms with Crippen LogP contribution in [0.15, 0.2) is 12.4 Å². The lowest BCUT2D eigenvalue weighted by Crippen LogP contribution is -2.37. The van der Waals surface area contributed by atoms with Gasteiger partial charge in [0, 0.05) is 19.3 Å². The summed E-state index contributed by atoms with van der Waals surface area (Å²) in [6, 6.07) is 0.281. The van der Waals surface area contributed by atoms with Gasteiger partial charge in [-0.2, -0.15) is 5.10 Å². The minimum absolute atomic E-state index is 0.0255. The van der Waals surface area contributed by atoms with E-state index in [0.29, 0.717) is 6.54 Å². The van der Waals surface area contributed by atoms with Crippen LogP contribution in [-0.2, 0) is 11.8 Å². The van der Waals surface area contributed by atoms with Crippen LogP contribution in [0.5, 0.6) is 0 Å². The Kier molecular flexibility index (Phi) is 4.82. The minimum Gasteiger partial charge on any atom is -0.374 e. The van der Waals surface area contributed by atoms with E-state index in [4.69, 9.17) is 0 Å². The van der Waals surface area contributed by atoms with Gasteiger partial charge in [0.05, 0.1) is 18.4 Å². The van der Waals surface area contributed by atoms with Gasteiger partial charge >= 0.3 is 0 Å². The number of nitrogens with one attached hydrogen (secondary N) is 2. The third kappa shape index (κ3) is 3.92. The van der Waals surface area contributed by atoms with Gasteiger partial charge in [-0.25, -0.2) is 0 Å². The summed E-state index contributed by atoms with van der Waals surface area (Å²) in [4.78, 5) is 11.6. The predicted molar refractivity (Wildman–Crippen MR) is 64.2 cm³/mol. The largest absolute Gasteiger partial charge is 0.374 e.